The molecule has 0 aliphatic carbocycles. The third kappa shape index (κ3) is 14.5. The number of ether oxygens (including phenoxy) is 6. The molecule has 0 unspecified atom stereocenters. The standard InChI is InChI=1S/C34H40Cl2N4O14/c1-33(2,3)53-31(43)37-21(17-51-25-15-19(29(41)49-7)13-23(27(25)35)39(45)46)11-9-10-12-22(38-32(44)54-34(4,5)6)18-52-26-16-20(30(42)50-8)14-24(28(26)36)40(47)48/h13-16,21-22H,11-12,17-18H2,1-8H3,(H,37,43)(H,38,44)/t21-,22-/m0/s1. The van der Waals surface area contributed by atoms with Crippen LogP contribution in [-0.4, -0.2) is 84.7 Å². The molecular formula is C34H40Cl2N4O14. The van der Waals surface area contributed by atoms with Crippen LogP contribution in [0.1, 0.15) is 75.1 Å². The first-order valence-electron chi connectivity index (χ1n) is 15.9. The minimum atomic E-state index is -0.918. The van der Waals surface area contributed by atoms with E-state index in [1.54, 1.807) is 41.5 Å². The summed E-state index contributed by atoms with van der Waals surface area (Å²) >= 11 is 12.4. The lowest BCUT2D eigenvalue weighted by atomic mass is 10.1. The minimum absolute atomic E-state index is 0.102. The number of methoxy groups -OCH3 is 2. The van der Waals surface area contributed by atoms with Crippen molar-refractivity contribution in [2.24, 2.45) is 0 Å². The van der Waals surface area contributed by atoms with Crippen molar-refractivity contribution >= 4 is 58.7 Å². The van der Waals surface area contributed by atoms with Crippen LogP contribution >= 0.6 is 23.2 Å². The number of nitrogens with one attached hydrogen (secondary N) is 2. The summed E-state index contributed by atoms with van der Waals surface area (Å²) in [5.41, 5.74) is -3.41. The summed E-state index contributed by atoms with van der Waals surface area (Å²) in [6, 6.07) is 2.31. The number of hydrogen-bond donors (Lipinski definition) is 2. The molecule has 20 heteroatoms. The van der Waals surface area contributed by atoms with Gasteiger partial charge >= 0.3 is 24.1 Å². The van der Waals surface area contributed by atoms with Crippen LogP contribution in [0.25, 0.3) is 0 Å². The summed E-state index contributed by atoms with van der Waals surface area (Å²) in [5, 5.41) is 27.6. The Labute approximate surface area is 320 Å². The molecule has 0 saturated carbocycles. The Kier molecular flexibility index (Phi) is 16.1. The molecule has 2 atom stereocenters. The van der Waals surface area contributed by atoms with E-state index < -0.39 is 78.7 Å². The highest BCUT2D eigenvalue weighted by Crippen LogP contribution is 2.37. The number of alkyl carbamates (subject to hydrolysis) is 2. The zero-order valence-corrected chi connectivity index (χ0v) is 32.2. The zero-order chi connectivity index (χ0) is 41.0. The summed E-state index contributed by atoms with van der Waals surface area (Å²) < 4.78 is 31.4. The smallest absolute Gasteiger partial charge is 0.408 e. The zero-order valence-electron chi connectivity index (χ0n) is 30.7. The van der Waals surface area contributed by atoms with Gasteiger partial charge in [-0.3, -0.25) is 20.2 Å². The molecule has 0 aliphatic heterocycles. The van der Waals surface area contributed by atoms with E-state index in [2.05, 4.69) is 31.9 Å². The normalized spacial score (nSPS) is 12.1. The van der Waals surface area contributed by atoms with Crippen LogP contribution in [-0.2, 0) is 18.9 Å². The van der Waals surface area contributed by atoms with Crippen LogP contribution in [0.2, 0.25) is 10.0 Å². The van der Waals surface area contributed by atoms with E-state index in [-0.39, 0.29) is 48.7 Å². The maximum Gasteiger partial charge on any atom is 0.408 e. The highest BCUT2D eigenvalue weighted by molar-refractivity contribution is 6.34. The highest BCUT2D eigenvalue weighted by atomic mass is 35.5. The molecule has 0 radical (unpaired) electrons. The molecule has 54 heavy (non-hydrogen) atoms. The Balaban J connectivity index is 2.38. The number of esters is 2. The Hall–Kier alpha value is -5.54. The molecule has 294 valence electrons. The largest absolute Gasteiger partial charge is 0.490 e. The minimum Gasteiger partial charge on any atom is -0.490 e. The first-order chi connectivity index (χ1) is 25.0. The maximum absolute atomic E-state index is 12.7. The molecule has 2 rings (SSSR count). The molecule has 0 bridgehead atoms. The predicted octanol–water partition coefficient (Wildman–Crippen LogP) is 6.41. The number of halogens is 2. The van der Waals surface area contributed by atoms with Gasteiger partial charge in [0, 0.05) is 25.0 Å². The number of carbonyl (C=O) groups is 4. The van der Waals surface area contributed by atoms with Crippen molar-refractivity contribution < 1.29 is 57.4 Å². The first-order valence-corrected chi connectivity index (χ1v) is 16.6. The maximum atomic E-state index is 12.7. The second kappa shape index (κ2) is 19.5. The van der Waals surface area contributed by atoms with E-state index in [0.29, 0.717) is 0 Å². The van der Waals surface area contributed by atoms with Crippen molar-refractivity contribution in [2.75, 3.05) is 27.4 Å². The van der Waals surface area contributed by atoms with Gasteiger partial charge in [0.15, 0.2) is 10.0 Å². The van der Waals surface area contributed by atoms with Gasteiger partial charge in [-0.15, -0.1) is 11.8 Å². The lowest BCUT2D eigenvalue weighted by Crippen LogP contribution is -2.42. The average molecular weight is 800 g/mol. The fourth-order valence-corrected chi connectivity index (χ4v) is 4.60. The molecule has 0 aromatic heterocycles. The van der Waals surface area contributed by atoms with Crippen molar-refractivity contribution in [2.45, 2.75) is 77.7 Å². The number of nitro groups is 2. The van der Waals surface area contributed by atoms with Gasteiger partial charge < -0.3 is 39.1 Å². The third-order valence-electron chi connectivity index (χ3n) is 6.42. The quantitative estimate of drug-likeness (QED) is 0.0691. The molecule has 2 amide bonds. The Morgan fingerprint density at radius 1 is 0.685 bits per heavy atom. The second-order valence-electron chi connectivity index (χ2n) is 13.2. The van der Waals surface area contributed by atoms with E-state index >= 15 is 0 Å². The Morgan fingerprint density at radius 3 is 1.30 bits per heavy atom. The molecule has 2 aromatic rings. The van der Waals surface area contributed by atoms with Gasteiger partial charge in [-0.05, 0) is 53.7 Å². The number of hydrogen-bond acceptors (Lipinski definition) is 14. The molecule has 0 fully saturated rings. The molecule has 18 nitrogen and oxygen atoms in total. The summed E-state index contributed by atoms with van der Waals surface area (Å²) in [6.45, 7) is 9.16. The number of nitro benzene ring substituents is 2. The van der Waals surface area contributed by atoms with Gasteiger partial charge in [0.05, 0.1) is 47.3 Å². The summed E-state index contributed by atoms with van der Waals surface area (Å²) in [5.74, 6) is 3.44. The lowest BCUT2D eigenvalue weighted by molar-refractivity contribution is -0.384. The van der Waals surface area contributed by atoms with Crippen LogP contribution in [0, 0.1) is 32.1 Å². The van der Waals surface area contributed by atoms with Crippen LogP contribution in [0.4, 0.5) is 21.0 Å². The van der Waals surface area contributed by atoms with Crippen molar-refractivity contribution in [1.29, 1.82) is 0 Å². The van der Waals surface area contributed by atoms with Gasteiger partial charge in [0.2, 0.25) is 0 Å². The summed E-state index contributed by atoms with van der Waals surface area (Å²) in [4.78, 5) is 71.2. The highest BCUT2D eigenvalue weighted by Gasteiger charge is 2.26. The fourth-order valence-electron chi connectivity index (χ4n) is 4.14. The van der Waals surface area contributed by atoms with E-state index in [1.807, 2.05) is 0 Å². The van der Waals surface area contributed by atoms with Gasteiger partial charge in [0.1, 0.15) is 35.9 Å². The fraction of sp³-hybridized carbons (Fsp3) is 0.471. The van der Waals surface area contributed by atoms with Gasteiger partial charge in [-0.25, -0.2) is 19.2 Å². The average Bonchev–Trinajstić information content (AvgIpc) is 3.05. The molecule has 0 heterocycles. The lowest BCUT2D eigenvalue weighted by Gasteiger charge is -2.23. The number of rotatable bonds is 14. The molecular weight excluding hydrogens is 759 g/mol. The third-order valence-corrected chi connectivity index (χ3v) is 7.18. The second-order valence-corrected chi connectivity index (χ2v) is 13.9. The Bertz CT molecular complexity index is 1680. The summed E-state index contributed by atoms with van der Waals surface area (Å²) in [6.07, 6.45) is -1.88. The van der Waals surface area contributed by atoms with Crippen LogP contribution in [0.5, 0.6) is 11.5 Å². The molecule has 0 aliphatic rings. The number of nitrogens with zero attached hydrogens (tertiary/aromatic N) is 2. The molecule has 2 N–H and O–H groups in total. The van der Waals surface area contributed by atoms with E-state index in [9.17, 15) is 39.4 Å². The van der Waals surface area contributed by atoms with E-state index in [4.69, 9.17) is 42.1 Å². The number of carbonyl (C=O) groups excluding carboxylic acids is 4. The molecule has 2 aromatic carbocycles. The van der Waals surface area contributed by atoms with E-state index in [0.717, 1.165) is 38.5 Å². The summed E-state index contributed by atoms with van der Waals surface area (Å²) in [7, 11) is 2.18. The van der Waals surface area contributed by atoms with Crippen molar-refractivity contribution in [1.82, 2.24) is 10.6 Å². The molecule has 0 spiro atoms. The van der Waals surface area contributed by atoms with Gasteiger partial charge in [0.25, 0.3) is 11.4 Å². The molecule has 0 saturated heterocycles. The van der Waals surface area contributed by atoms with E-state index in [1.165, 1.54) is 0 Å². The monoisotopic (exact) mass is 798 g/mol. The van der Waals surface area contributed by atoms with Gasteiger partial charge in [-0.1, -0.05) is 23.2 Å². The number of benzene rings is 2. The van der Waals surface area contributed by atoms with Crippen molar-refractivity contribution in [3.05, 3.63) is 65.7 Å². The number of amides is 2. The van der Waals surface area contributed by atoms with Crippen LogP contribution in [0.15, 0.2) is 24.3 Å². The topological polar surface area (TPSA) is 234 Å². The SMILES string of the molecule is COC(=O)c1cc(OC[C@H](CC#CC[C@@H](COc2cc(C(=O)OC)cc([N+](=O)[O-])c2Cl)NC(=O)OC(C)(C)C)NC(=O)OC(C)(C)C)c(Cl)c([N+](=O)[O-])c1. The van der Waals surface area contributed by atoms with Crippen molar-refractivity contribution in [3.8, 4) is 23.3 Å². The predicted molar refractivity (Wildman–Crippen MR) is 193 cm³/mol. The van der Waals surface area contributed by atoms with Crippen LogP contribution in [0.3, 0.4) is 0 Å². The first kappa shape index (κ1) is 44.6. The van der Waals surface area contributed by atoms with Gasteiger partial charge in [-0.2, -0.15) is 0 Å². The van der Waals surface area contributed by atoms with Crippen molar-refractivity contribution in [3.63, 3.8) is 0 Å². The van der Waals surface area contributed by atoms with Crippen LogP contribution < -0.4 is 20.1 Å². The Morgan fingerprint density at radius 2 is 1.02 bits per heavy atom.